The molecule has 2 atom stereocenters. The van der Waals surface area contributed by atoms with Crippen LogP contribution in [0.1, 0.15) is 61.9 Å². The van der Waals surface area contributed by atoms with Gasteiger partial charge in [0.2, 0.25) is 15.9 Å². The van der Waals surface area contributed by atoms with Crippen LogP contribution in [-0.4, -0.2) is 61.7 Å². The lowest BCUT2D eigenvalue weighted by atomic mass is 9.84. The van der Waals surface area contributed by atoms with Gasteiger partial charge in [0.1, 0.15) is 6.04 Å². The Labute approximate surface area is 183 Å². The first-order chi connectivity index (χ1) is 14.7. The number of amides is 2. The smallest absolute Gasteiger partial charge is 0.287 e. The number of Topliss-reactive ketones (excluding diaryl/α,β-unsaturated/α-hetero) is 1. The maximum Gasteiger partial charge on any atom is 0.287 e. The highest BCUT2D eigenvalue weighted by Gasteiger charge is 2.33. The van der Waals surface area contributed by atoms with Gasteiger partial charge in [-0.2, -0.15) is 4.31 Å². The van der Waals surface area contributed by atoms with E-state index >= 15 is 0 Å². The van der Waals surface area contributed by atoms with Gasteiger partial charge in [-0.25, -0.2) is 8.42 Å². The standard InChI is InChI=1S/C21H31N3O6S/c1-31(28,29)24-11-5-9-16(18(25)14-24)22-20(26)17(13-15-7-3-2-4-8-15)23-21(27)19-10-6-12-30-19/h6,10,12,15-17H,2-5,7-9,11,13-14H2,1H3,(H,22,26)(H,23,27)/t16-,17-/m0/s1. The van der Waals surface area contributed by atoms with Crippen molar-refractivity contribution in [2.24, 2.45) is 5.92 Å². The second kappa shape index (κ2) is 10.4. The van der Waals surface area contributed by atoms with Gasteiger partial charge < -0.3 is 15.1 Å². The van der Waals surface area contributed by atoms with E-state index < -0.39 is 33.9 Å². The number of hydrogen-bond acceptors (Lipinski definition) is 6. The van der Waals surface area contributed by atoms with Crippen LogP contribution in [-0.2, 0) is 19.6 Å². The third kappa shape index (κ3) is 6.64. The zero-order chi connectivity index (χ0) is 22.4. The molecule has 2 heterocycles. The third-order valence-corrected chi connectivity index (χ3v) is 7.32. The largest absolute Gasteiger partial charge is 0.459 e. The molecule has 172 valence electrons. The zero-order valence-electron chi connectivity index (χ0n) is 17.8. The van der Waals surface area contributed by atoms with Crippen molar-refractivity contribution in [3.63, 3.8) is 0 Å². The highest BCUT2D eigenvalue weighted by molar-refractivity contribution is 7.88. The van der Waals surface area contributed by atoms with Gasteiger partial charge in [0.15, 0.2) is 11.5 Å². The SMILES string of the molecule is CS(=O)(=O)N1CCC[C@H](NC(=O)[C@H](CC2CCCCC2)NC(=O)c2ccco2)C(=O)C1. The molecule has 3 rings (SSSR count). The molecule has 2 N–H and O–H groups in total. The maximum atomic E-state index is 13.1. The van der Waals surface area contributed by atoms with Crippen molar-refractivity contribution in [1.82, 2.24) is 14.9 Å². The summed E-state index contributed by atoms with van der Waals surface area (Å²) in [4.78, 5) is 38.2. The summed E-state index contributed by atoms with van der Waals surface area (Å²) in [5.41, 5.74) is 0. The second-order valence-electron chi connectivity index (χ2n) is 8.51. The average molecular weight is 454 g/mol. The monoisotopic (exact) mass is 453 g/mol. The maximum absolute atomic E-state index is 13.1. The van der Waals surface area contributed by atoms with Crippen LogP contribution >= 0.6 is 0 Å². The number of ketones is 1. The molecule has 2 aliphatic rings. The fraction of sp³-hybridized carbons (Fsp3) is 0.667. The summed E-state index contributed by atoms with van der Waals surface area (Å²) in [7, 11) is -3.48. The normalized spacial score (nSPS) is 22.5. The summed E-state index contributed by atoms with van der Waals surface area (Å²) in [5.74, 6) is -0.791. The van der Waals surface area contributed by atoms with Crippen molar-refractivity contribution in [3.05, 3.63) is 24.2 Å². The van der Waals surface area contributed by atoms with Gasteiger partial charge in [-0.1, -0.05) is 32.1 Å². The molecule has 2 fully saturated rings. The number of carbonyl (C=O) groups excluding carboxylic acids is 3. The van der Waals surface area contributed by atoms with Crippen molar-refractivity contribution in [2.75, 3.05) is 19.3 Å². The Morgan fingerprint density at radius 3 is 2.58 bits per heavy atom. The fourth-order valence-electron chi connectivity index (χ4n) is 4.33. The van der Waals surface area contributed by atoms with Gasteiger partial charge in [0.05, 0.1) is 25.1 Å². The number of furan rings is 1. The quantitative estimate of drug-likeness (QED) is 0.644. The molecule has 10 heteroatoms. The van der Waals surface area contributed by atoms with Gasteiger partial charge in [-0.05, 0) is 37.3 Å². The van der Waals surface area contributed by atoms with Crippen LogP contribution in [0, 0.1) is 5.92 Å². The molecule has 0 aromatic carbocycles. The van der Waals surface area contributed by atoms with Crippen LogP contribution in [0.25, 0.3) is 0 Å². The first-order valence-corrected chi connectivity index (χ1v) is 12.7. The van der Waals surface area contributed by atoms with E-state index in [1.807, 2.05) is 0 Å². The molecule has 1 saturated carbocycles. The number of rotatable bonds is 7. The lowest BCUT2D eigenvalue weighted by Crippen LogP contribution is -2.53. The van der Waals surface area contributed by atoms with Crippen molar-refractivity contribution < 1.29 is 27.2 Å². The van der Waals surface area contributed by atoms with E-state index in [4.69, 9.17) is 4.42 Å². The van der Waals surface area contributed by atoms with Crippen molar-refractivity contribution >= 4 is 27.6 Å². The summed E-state index contributed by atoms with van der Waals surface area (Å²) in [6.45, 7) is -0.00645. The lowest BCUT2D eigenvalue weighted by molar-refractivity contribution is -0.129. The van der Waals surface area contributed by atoms with E-state index in [9.17, 15) is 22.8 Å². The molecule has 1 aromatic heterocycles. The minimum atomic E-state index is -3.48. The number of nitrogens with zero attached hydrogens (tertiary/aromatic N) is 1. The van der Waals surface area contributed by atoms with E-state index in [0.717, 1.165) is 36.2 Å². The number of carbonyl (C=O) groups is 3. The summed E-state index contributed by atoms with van der Waals surface area (Å²) >= 11 is 0. The molecule has 9 nitrogen and oxygen atoms in total. The van der Waals surface area contributed by atoms with Crippen LogP contribution < -0.4 is 10.6 Å². The highest BCUT2D eigenvalue weighted by Crippen LogP contribution is 2.27. The van der Waals surface area contributed by atoms with Crippen LogP contribution in [0.3, 0.4) is 0 Å². The topological polar surface area (TPSA) is 126 Å². The molecule has 0 unspecified atom stereocenters. The van der Waals surface area contributed by atoms with E-state index in [1.54, 1.807) is 6.07 Å². The molecule has 1 aromatic rings. The van der Waals surface area contributed by atoms with E-state index in [0.29, 0.717) is 25.2 Å². The molecule has 31 heavy (non-hydrogen) atoms. The van der Waals surface area contributed by atoms with Crippen LogP contribution in [0.2, 0.25) is 0 Å². The summed E-state index contributed by atoms with van der Waals surface area (Å²) < 4.78 is 29.9. The predicted molar refractivity (Wildman–Crippen MR) is 114 cm³/mol. The van der Waals surface area contributed by atoms with Crippen LogP contribution in [0.15, 0.2) is 22.8 Å². The van der Waals surface area contributed by atoms with Crippen LogP contribution in [0.5, 0.6) is 0 Å². The molecular formula is C21H31N3O6S. The van der Waals surface area contributed by atoms with E-state index in [-0.39, 0.29) is 24.6 Å². The first kappa shape index (κ1) is 23.5. The molecular weight excluding hydrogens is 422 g/mol. The van der Waals surface area contributed by atoms with E-state index in [2.05, 4.69) is 10.6 Å². The Bertz CT molecular complexity index is 877. The third-order valence-electron chi connectivity index (χ3n) is 6.07. The van der Waals surface area contributed by atoms with Crippen molar-refractivity contribution in [2.45, 2.75) is 63.5 Å². The van der Waals surface area contributed by atoms with Gasteiger partial charge in [-0.15, -0.1) is 0 Å². The molecule has 0 radical (unpaired) electrons. The summed E-state index contributed by atoms with van der Waals surface area (Å²) in [6.07, 6.45) is 9.19. The molecule has 2 amide bonds. The van der Waals surface area contributed by atoms with Crippen molar-refractivity contribution in [3.8, 4) is 0 Å². The molecule has 1 aliphatic heterocycles. The van der Waals surface area contributed by atoms with Gasteiger partial charge >= 0.3 is 0 Å². The number of nitrogens with one attached hydrogen (secondary N) is 2. The van der Waals surface area contributed by atoms with Crippen molar-refractivity contribution in [1.29, 1.82) is 0 Å². The molecule has 0 spiro atoms. The van der Waals surface area contributed by atoms with Gasteiger partial charge in [0, 0.05) is 6.54 Å². The Balaban J connectivity index is 1.67. The van der Waals surface area contributed by atoms with Gasteiger partial charge in [-0.3, -0.25) is 14.4 Å². The minimum Gasteiger partial charge on any atom is -0.459 e. The number of sulfonamides is 1. The zero-order valence-corrected chi connectivity index (χ0v) is 18.7. The molecule has 1 aliphatic carbocycles. The predicted octanol–water partition coefficient (Wildman–Crippen LogP) is 1.46. The van der Waals surface area contributed by atoms with Gasteiger partial charge in [0.25, 0.3) is 5.91 Å². The Morgan fingerprint density at radius 2 is 1.94 bits per heavy atom. The van der Waals surface area contributed by atoms with E-state index in [1.165, 1.54) is 18.8 Å². The first-order valence-electron chi connectivity index (χ1n) is 10.9. The average Bonchev–Trinajstić information content (AvgIpc) is 3.20. The Morgan fingerprint density at radius 1 is 1.19 bits per heavy atom. The summed E-state index contributed by atoms with van der Waals surface area (Å²) in [5, 5.41) is 5.52. The summed E-state index contributed by atoms with van der Waals surface area (Å²) in [6, 6.07) is 1.57. The lowest BCUT2D eigenvalue weighted by Gasteiger charge is -2.27. The van der Waals surface area contributed by atoms with Crippen LogP contribution in [0.4, 0.5) is 0 Å². The Kier molecular flexibility index (Phi) is 7.88. The minimum absolute atomic E-state index is 0.121. The fourth-order valence-corrected chi connectivity index (χ4v) is 5.15. The molecule has 1 saturated heterocycles. The Hall–Kier alpha value is -2.20. The number of hydrogen-bond donors (Lipinski definition) is 2. The second-order valence-corrected chi connectivity index (χ2v) is 10.5. The highest BCUT2D eigenvalue weighted by atomic mass is 32.2. The molecule has 0 bridgehead atoms.